The van der Waals surface area contributed by atoms with Gasteiger partial charge in [0.2, 0.25) is 5.91 Å². The van der Waals surface area contributed by atoms with Crippen molar-refractivity contribution < 1.29 is 19.1 Å². The Kier molecular flexibility index (Phi) is 5.33. The van der Waals surface area contributed by atoms with Crippen LogP contribution >= 0.6 is 0 Å². The second-order valence-corrected chi connectivity index (χ2v) is 6.36. The minimum atomic E-state index is -0.385. The number of hydrogen-bond donors (Lipinski definition) is 1. The molecule has 0 spiro atoms. The van der Waals surface area contributed by atoms with Crippen LogP contribution in [0.15, 0.2) is 24.3 Å². The lowest BCUT2D eigenvalue weighted by molar-refractivity contribution is -0.148. The maximum atomic E-state index is 12.1. The number of carbonyl (C=O) groups excluding carboxylic acids is 2. The van der Waals surface area contributed by atoms with Crippen LogP contribution in [0.5, 0.6) is 0 Å². The minimum absolute atomic E-state index is 0.0594. The van der Waals surface area contributed by atoms with E-state index in [4.69, 9.17) is 9.47 Å². The van der Waals surface area contributed by atoms with E-state index in [-0.39, 0.29) is 37.2 Å². The van der Waals surface area contributed by atoms with E-state index >= 15 is 0 Å². The number of fused-ring (bicyclic) bond motifs is 1. The van der Waals surface area contributed by atoms with Gasteiger partial charge in [0.25, 0.3) is 0 Å². The summed E-state index contributed by atoms with van der Waals surface area (Å²) < 4.78 is 12.4. The highest BCUT2D eigenvalue weighted by atomic mass is 16.5. The second-order valence-electron chi connectivity index (χ2n) is 6.36. The number of carbonyl (C=O) groups is 2. The van der Waals surface area contributed by atoms with Gasteiger partial charge < -0.3 is 19.4 Å². The van der Waals surface area contributed by atoms with Crippen molar-refractivity contribution in [2.75, 3.05) is 6.61 Å². The third kappa shape index (κ3) is 4.17. The maximum absolute atomic E-state index is 12.1. The molecular weight excluding hydrogens is 322 g/mol. The largest absolute Gasteiger partial charge is 0.462 e. The van der Waals surface area contributed by atoms with Crippen LogP contribution in [0.1, 0.15) is 32.5 Å². The molecular formula is C18H23N3O4. The predicted octanol–water partition coefficient (Wildman–Crippen LogP) is 1.78. The summed E-state index contributed by atoms with van der Waals surface area (Å²) >= 11 is 0. The summed E-state index contributed by atoms with van der Waals surface area (Å²) in [6.07, 6.45) is 1.08. The van der Waals surface area contributed by atoms with E-state index < -0.39 is 0 Å². The zero-order valence-electron chi connectivity index (χ0n) is 14.5. The van der Waals surface area contributed by atoms with Crippen molar-refractivity contribution in [3.8, 4) is 0 Å². The molecule has 7 heteroatoms. The number of nitrogens with zero attached hydrogens (tertiary/aromatic N) is 2. The SMILES string of the molecule is CC(C)OC(=O)Cn1c(CNC(=O)C2CCCO2)nc2ccccc21. The molecule has 1 saturated heterocycles. The van der Waals surface area contributed by atoms with E-state index in [0.29, 0.717) is 12.4 Å². The molecule has 134 valence electrons. The molecule has 7 nitrogen and oxygen atoms in total. The molecule has 1 aromatic heterocycles. The van der Waals surface area contributed by atoms with Crippen LogP contribution in [0.25, 0.3) is 11.0 Å². The van der Waals surface area contributed by atoms with Crippen LogP contribution in [0.4, 0.5) is 0 Å². The molecule has 1 aliphatic heterocycles. The van der Waals surface area contributed by atoms with Gasteiger partial charge in [0, 0.05) is 6.61 Å². The van der Waals surface area contributed by atoms with Gasteiger partial charge >= 0.3 is 5.97 Å². The normalized spacial score (nSPS) is 17.2. The summed E-state index contributed by atoms with van der Waals surface area (Å²) in [6.45, 7) is 4.54. The summed E-state index contributed by atoms with van der Waals surface area (Å²) in [7, 11) is 0. The molecule has 1 aliphatic rings. The third-order valence-electron chi connectivity index (χ3n) is 4.03. The van der Waals surface area contributed by atoms with Crippen LogP contribution in [0, 0.1) is 0 Å². The van der Waals surface area contributed by atoms with Crippen molar-refractivity contribution in [1.82, 2.24) is 14.9 Å². The third-order valence-corrected chi connectivity index (χ3v) is 4.03. The Balaban J connectivity index is 1.77. The number of para-hydroxylation sites is 2. The molecule has 1 unspecified atom stereocenters. The highest BCUT2D eigenvalue weighted by Gasteiger charge is 2.24. The standard InChI is InChI=1S/C18H23N3O4/c1-12(2)25-17(22)11-21-14-7-4-3-6-13(14)20-16(21)10-19-18(23)15-8-5-9-24-15/h3-4,6-7,12,15H,5,8-11H2,1-2H3,(H,19,23). The number of benzene rings is 1. The van der Waals surface area contributed by atoms with Crippen molar-refractivity contribution in [3.63, 3.8) is 0 Å². The summed E-state index contributed by atoms with van der Waals surface area (Å²) in [5.41, 5.74) is 1.62. The summed E-state index contributed by atoms with van der Waals surface area (Å²) in [6, 6.07) is 7.56. The number of imidazole rings is 1. The Morgan fingerprint density at radius 1 is 1.40 bits per heavy atom. The monoisotopic (exact) mass is 345 g/mol. The topological polar surface area (TPSA) is 82.5 Å². The van der Waals surface area contributed by atoms with Gasteiger partial charge in [0.15, 0.2) is 0 Å². The van der Waals surface area contributed by atoms with Crippen LogP contribution in [0.2, 0.25) is 0 Å². The number of esters is 1. The van der Waals surface area contributed by atoms with Gasteiger partial charge in [-0.2, -0.15) is 0 Å². The van der Waals surface area contributed by atoms with E-state index in [1.54, 1.807) is 4.57 Å². The lowest BCUT2D eigenvalue weighted by atomic mass is 10.2. The molecule has 0 saturated carbocycles. The Hall–Kier alpha value is -2.41. The van der Waals surface area contributed by atoms with Gasteiger partial charge in [-0.15, -0.1) is 0 Å². The number of aromatic nitrogens is 2. The highest BCUT2D eigenvalue weighted by molar-refractivity contribution is 5.81. The van der Waals surface area contributed by atoms with Crippen molar-refractivity contribution in [2.24, 2.45) is 0 Å². The van der Waals surface area contributed by atoms with Gasteiger partial charge in [-0.3, -0.25) is 9.59 Å². The fourth-order valence-electron chi connectivity index (χ4n) is 2.93. The van der Waals surface area contributed by atoms with Crippen molar-refractivity contribution in [3.05, 3.63) is 30.1 Å². The van der Waals surface area contributed by atoms with Crippen LogP contribution < -0.4 is 5.32 Å². The molecule has 1 amide bonds. The van der Waals surface area contributed by atoms with E-state index in [1.807, 2.05) is 38.1 Å². The lowest BCUT2D eigenvalue weighted by Gasteiger charge is -2.13. The highest BCUT2D eigenvalue weighted by Crippen LogP contribution is 2.17. The predicted molar refractivity (Wildman–Crippen MR) is 91.8 cm³/mol. The van der Waals surface area contributed by atoms with E-state index in [0.717, 1.165) is 23.9 Å². The zero-order chi connectivity index (χ0) is 17.8. The molecule has 2 heterocycles. The number of rotatable bonds is 6. The summed E-state index contributed by atoms with van der Waals surface area (Å²) in [4.78, 5) is 28.8. The lowest BCUT2D eigenvalue weighted by Crippen LogP contribution is -2.34. The number of hydrogen-bond acceptors (Lipinski definition) is 5. The first-order chi connectivity index (χ1) is 12.0. The first-order valence-corrected chi connectivity index (χ1v) is 8.57. The van der Waals surface area contributed by atoms with Gasteiger partial charge in [-0.05, 0) is 38.8 Å². The maximum Gasteiger partial charge on any atom is 0.326 e. The zero-order valence-corrected chi connectivity index (χ0v) is 14.5. The smallest absolute Gasteiger partial charge is 0.326 e. The Bertz CT molecular complexity index is 763. The number of ether oxygens (including phenoxy) is 2. The molecule has 0 aliphatic carbocycles. The second kappa shape index (κ2) is 7.65. The molecule has 0 radical (unpaired) electrons. The molecule has 3 rings (SSSR count). The molecule has 0 bridgehead atoms. The molecule has 1 aromatic carbocycles. The van der Waals surface area contributed by atoms with Crippen LogP contribution in [-0.4, -0.2) is 40.2 Å². The molecule has 2 aromatic rings. The summed E-state index contributed by atoms with van der Waals surface area (Å²) in [5, 5.41) is 2.86. The van der Waals surface area contributed by atoms with E-state index in [1.165, 1.54) is 0 Å². The Morgan fingerprint density at radius 2 is 2.20 bits per heavy atom. The van der Waals surface area contributed by atoms with E-state index in [9.17, 15) is 9.59 Å². The average Bonchev–Trinajstić information content (AvgIpc) is 3.21. The minimum Gasteiger partial charge on any atom is -0.462 e. The molecule has 1 fully saturated rings. The van der Waals surface area contributed by atoms with Gasteiger partial charge in [-0.1, -0.05) is 12.1 Å². The van der Waals surface area contributed by atoms with Gasteiger partial charge in [0.05, 0.1) is 23.7 Å². The van der Waals surface area contributed by atoms with Crippen molar-refractivity contribution in [1.29, 1.82) is 0 Å². The Morgan fingerprint density at radius 3 is 2.92 bits per heavy atom. The molecule has 25 heavy (non-hydrogen) atoms. The fourth-order valence-corrected chi connectivity index (χ4v) is 2.93. The molecule has 1 N–H and O–H groups in total. The van der Waals surface area contributed by atoms with Crippen LogP contribution in [0.3, 0.4) is 0 Å². The first kappa shape index (κ1) is 17.4. The summed E-state index contributed by atoms with van der Waals surface area (Å²) in [5.74, 6) is 0.152. The fraction of sp³-hybridized carbons (Fsp3) is 0.500. The molecule has 1 atom stereocenters. The number of nitrogens with one attached hydrogen (secondary N) is 1. The number of amides is 1. The van der Waals surface area contributed by atoms with Crippen molar-refractivity contribution in [2.45, 2.75) is 52.0 Å². The quantitative estimate of drug-likeness (QED) is 0.807. The Labute approximate surface area is 146 Å². The van der Waals surface area contributed by atoms with Gasteiger partial charge in [-0.25, -0.2) is 4.98 Å². The van der Waals surface area contributed by atoms with Gasteiger partial charge in [0.1, 0.15) is 18.5 Å². The first-order valence-electron chi connectivity index (χ1n) is 8.57. The van der Waals surface area contributed by atoms with E-state index in [2.05, 4.69) is 10.3 Å². The van der Waals surface area contributed by atoms with Crippen molar-refractivity contribution >= 4 is 22.9 Å². The van der Waals surface area contributed by atoms with Crippen LogP contribution in [-0.2, 0) is 32.2 Å². The average molecular weight is 345 g/mol.